The molecule has 0 saturated heterocycles. The summed E-state index contributed by atoms with van der Waals surface area (Å²) < 4.78 is 0.802. The summed E-state index contributed by atoms with van der Waals surface area (Å²) in [5.41, 5.74) is 1.67. The summed E-state index contributed by atoms with van der Waals surface area (Å²) in [5.74, 6) is 0.0976. The van der Waals surface area contributed by atoms with Crippen molar-refractivity contribution in [1.82, 2.24) is 4.90 Å². The molecule has 0 amide bonds. The van der Waals surface area contributed by atoms with E-state index < -0.39 is 0 Å². The number of Topliss-reactive ketones (excluding diaryl/α,β-unsaturated/α-hetero) is 1. The zero-order valence-electron chi connectivity index (χ0n) is 14.4. The maximum atomic E-state index is 12.7. The standard InChI is InChI=1S/C20H22ClNOS2/c1-3-22(4-2)20(24)25-19(16-12-8-9-13-17(16)21)14-18(23)15-10-6-5-7-11-15/h5-13,19H,3-4,14H2,1-2H3. The summed E-state index contributed by atoms with van der Waals surface area (Å²) >= 11 is 13.5. The van der Waals surface area contributed by atoms with Crippen LogP contribution in [0, 0.1) is 0 Å². The number of thiocarbonyl (C=S) groups is 1. The van der Waals surface area contributed by atoms with Crippen LogP contribution in [0.3, 0.4) is 0 Å². The van der Waals surface area contributed by atoms with Crippen molar-refractivity contribution in [2.75, 3.05) is 13.1 Å². The molecule has 0 aromatic heterocycles. The molecule has 2 aromatic carbocycles. The second kappa shape index (κ2) is 9.95. The van der Waals surface area contributed by atoms with Crippen LogP contribution in [-0.2, 0) is 0 Å². The van der Waals surface area contributed by atoms with E-state index in [2.05, 4.69) is 18.7 Å². The lowest BCUT2D eigenvalue weighted by Gasteiger charge is -2.25. The second-order valence-electron chi connectivity index (χ2n) is 5.56. The van der Waals surface area contributed by atoms with Crippen LogP contribution in [0.4, 0.5) is 0 Å². The molecule has 0 aliphatic heterocycles. The van der Waals surface area contributed by atoms with Gasteiger partial charge in [-0.1, -0.05) is 84.1 Å². The lowest BCUT2D eigenvalue weighted by Crippen LogP contribution is -2.27. The molecule has 1 atom stereocenters. The number of carbonyl (C=O) groups excluding carboxylic acids is 1. The number of hydrogen-bond acceptors (Lipinski definition) is 3. The predicted molar refractivity (Wildman–Crippen MR) is 113 cm³/mol. The Balaban J connectivity index is 2.25. The van der Waals surface area contributed by atoms with Gasteiger partial charge in [0.15, 0.2) is 5.78 Å². The largest absolute Gasteiger partial charge is 0.358 e. The van der Waals surface area contributed by atoms with Crippen LogP contribution in [-0.4, -0.2) is 28.1 Å². The van der Waals surface area contributed by atoms with E-state index in [-0.39, 0.29) is 11.0 Å². The Bertz CT molecular complexity index is 717. The average molecular weight is 392 g/mol. The Labute approximate surface area is 164 Å². The third-order valence-corrected chi connectivity index (χ3v) is 6.04. The molecule has 132 valence electrons. The highest BCUT2D eigenvalue weighted by molar-refractivity contribution is 8.23. The second-order valence-corrected chi connectivity index (χ2v) is 7.80. The first kappa shape index (κ1) is 20.0. The molecule has 25 heavy (non-hydrogen) atoms. The highest BCUT2D eigenvalue weighted by Crippen LogP contribution is 2.38. The minimum Gasteiger partial charge on any atom is -0.358 e. The van der Waals surface area contributed by atoms with Gasteiger partial charge in [-0.3, -0.25) is 4.79 Å². The third-order valence-electron chi connectivity index (χ3n) is 3.98. The Morgan fingerprint density at radius 2 is 1.68 bits per heavy atom. The molecule has 5 heteroatoms. The van der Waals surface area contributed by atoms with E-state index in [1.54, 1.807) is 11.8 Å². The molecular formula is C20H22ClNOS2. The van der Waals surface area contributed by atoms with Gasteiger partial charge in [-0.15, -0.1) is 0 Å². The smallest absolute Gasteiger partial charge is 0.164 e. The molecule has 0 aliphatic rings. The number of halogens is 1. The van der Waals surface area contributed by atoms with Crippen LogP contribution in [0.15, 0.2) is 54.6 Å². The monoisotopic (exact) mass is 391 g/mol. The maximum Gasteiger partial charge on any atom is 0.164 e. The molecule has 0 N–H and O–H groups in total. The number of rotatable bonds is 7. The van der Waals surface area contributed by atoms with Crippen LogP contribution in [0.2, 0.25) is 5.02 Å². The van der Waals surface area contributed by atoms with Gasteiger partial charge >= 0.3 is 0 Å². The molecule has 0 aliphatic carbocycles. The first-order chi connectivity index (χ1) is 12.1. The Kier molecular flexibility index (Phi) is 7.94. The first-order valence-corrected chi connectivity index (χ1v) is 10.0. The van der Waals surface area contributed by atoms with E-state index in [0.717, 1.165) is 23.0 Å². The van der Waals surface area contributed by atoms with E-state index in [0.29, 0.717) is 17.0 Å². The van der Waals surface area contributed by atoms with E-state index in [9.17, 15) is 4.79 Å². The summed E-state index contributed by atoms with van der Waals surface area (Å²) in [4.78, 5) is 14.8. The SMILES string of the molecule is CCN(CC)C(=S)SC(CC(=O)c1ccccc1)c1ccccc1Cl. The van der Waals surface area contributed by atoms with Crippen molar-refractivity contribution >= 4 is 45.7 Å². The van der Waals surface area contributed by atoms with Gasteiger partial charge in [0.25, 0.3) is 0 Å². The van der Waals surface area contributed by atoms with Gasteiger partial charge in [-0.25, -0.2) is 0 Å². The van der Waals surface area contributed by atoms with Gasteiger partial charge in [0.2, 0.25) is 0 Å². The van der Waals surface area contributed by atoms with Gasteiger partial charge in [0.05, 0.1) is 0 Å². The van der Waals surface area contributed by atoms with E-state index in [1.165, 1.54) is 0 Å². The van der Waals surface area contributed by atoms with Crippen molar-refractivity contribution in [3.8, 4) is 0 Å². The van der Waals surface area contributed by atoms with Gasteiger partial charge < -0.3 is 4.90 Å². The molecule has 0 radical (unpaired) electrons. The quantitative estimate of drug-likeness (QED) is 0.425. The van der Waals surface area contributed by atoms with E-state index >= 15 is 0 Å². The lowest BCUT2D eigenvalue weighted by atomic mass is 10.0. The Hall–Kier alpha value is -1.36. The number of nitrogens with zero attached hydrogens (tertiary/aromatic N) is 1. The first-order valence-electron chi connectivity index (χ1n) is 8.35. The number of ketones is 1. The summed E-state index contributed by atoms with van der Waals surface area (Å²) in [6.07, 6.45) is 0.361. The summed E-state index contributed by atoms with van der Waals surface area (Å²) in [7, 11) is 0. The molecule has 0 saturated carbocycles. The zero-order valence-corrected chi connectivity index (χ0v) is 16.8. The normalized spacial score (nSPS) is 11.8. The third kappa shape index (κ3) is 5.56. The highest BCUT2D eigenvalue weighted by Gasteiger charge is 2.23. The van der Waals surface area contributed by atoms with Gasteiger partial charge in [-0.05, 0) is 25.5 Å². The molecule has 2 rings (SSSR count). The van der Waals surface area contributed by atoms with Crippen molar-refractivity contribution in [2.45, 2.75) is 25.5 Å². The van der Waals surface area contributed by atoms with Gasteiger partial charge in [0, 0.05) is 35.3 Å². The van der Waals surface area contributed by atoms with Crippen molar-refractivity contribution in [3.05, 3.63) is 70.7 Å². The molecule has 0 heterocycles. The molecule has 0 fully saturated rings. The fraction of sp³-hybridized carbons (Fsp3) is 0.300. The van der Waals surface area contributed by atoms with Crippen LogP contribution in [0.25, 0.3) is 0 Å². The number of carbonyl (C=O) groups is 1. The predicted octanol–water partition coefficient (Wildman–Crippen LogP) is 6.01. The van der Waals surface area contributed by atoms with E-state index in [1.807, 2.05) is 54.6 Å². The fourth-order valence-electron chi connectivity index (χ4n) is 2.54. The molecule has 1 unspecified atom stereocenters. The number of thioether (sulfide) groups is 1. The minimum atomic E-state index is -0.102. The van der Waals surface area contributed by atoms with Crippen molar-refractivity contribution < 1.29 is 4.79 Å². The fourth-order valence-corrected chi connectivity index (χ4v) is 4.70. The molecule has 2 aromatic rings. The topological polar surface area (TPSA) is 20.3 Å². The van der Waals surface area contributed by atoms with Crippen molar-refractivity contribution in [3.63, 3.8) is 0 Å². The van der Waals surface area contributed by atoms with Crippen molar-refractivity contribution in [2.24, 2.45) is 0 Å². The molecular weight excluding hydrogens is 370 g/mol. The number of benzene rings is 2. The van der Waals surface area contributed by atoms with Crippen LogP contribution >= 0.6 is 35.6 Å². The van der Waals surface area contributed by atoms with Crippen LogP contribution < -0.4 is 0 Å². The summed E-state index contributed by atoms with van der Waals surface area (Å²) in [6.45, 7) is 5.86. The number of hydrogen-bond donors (Lipinski definition) is 0. The van der Waals surface area contributed by atoms with Gasteiger partial charge in [0.1, 0.15) is 4.32 Å². The summed E-state index contributed by atoms with van der Waals surface area (Å²) in [6, 6.07) is 17.0. The lowest BCUT2D eigenvalue weighted by molar-refractivity contribution is 0.0982. The van der Waals surface area contributed by atoms with E-state index in [4.69, 9.17) is 23.8 Å². The minimum absolute atomic E-state index is 0.0976. The Morgan fingerprint density at radius 1 is 1.08 bits per heavy atom. The molecule has 0 bridgehead atoms. The summed E-state index contributed by atoms with van der Waals surface area (Å²) in [5, 5.41) is 0.567. The van der Waals surface area contributed by atoms with Crippen LogP contribution in [0.1, 0.15) is 41.4 Å². The van der Waals surface area contributed by atoms with Gasteiger partial charge in [-0.2, -0.15) is 0 Å². The molecule has 0 spiro atoms. The average Bonchev–Trinajstić information content (AvgIpc) is 2.63. The maximum absolute atomic E-state index is 12.7. The zero-order chi connectivity index (χ0) is 18.2. The van der Waals surface area contributed by atoms with Crippen molar-refractivity contribution in [1.29, 1.82) is 0 Å². The highest BCUT2D eigenvalue weighted by atomic mass is 35.5. The molecule has 2 nitrogen and oxygen atoms in total. The Morgan fingerprint density at radius 3 is 2.28 bits per heavy atom. The van der Waals surface area contributed by atoms with Crippen LogP contribution in [0.5, 0.6) is 0 Å².